The number of methoxy groups -OCH3 is 1. The summed E-state index contributed by atoms with van der Waals surface area (Å²) in [5.74, 6) is 0. The third-order valence-corrected chi connectivity index (χ3v) is 7.64. The fourth-order valence-electron chi connectivity index (χ4n) is 4.99. The van der Waals surface area contributed by atoms with E-state index in [1.807, 2.05) is 36.4 Å². The second kappa shape index (κ2) is 15.9. The molecular formula is C32H43ClN2O4. The lowest BCUT2D eigenvalue weighted by Crippen LogP contribution is -2.51. The number of ether oxygens (including phenoxy) is 2. The highest BCUT2D eigenvalue weighted by molar-refractivity contribution is 6.34. The summed E-state index contributed by atoms with van der Waals surface area (Å²) in [5, 5.41) is 14.0. The molecule has 1 unspecified atom stereocenters. The van der Waals surface area contributed by atoms with Crippen molar-refractivity contribution in [2.24, 2.45) is 0 Å². The number of nitrogens with zero attached hydrogens (tertiary/aromatic N) is 2. The molecule has 2 aromatic carbocycles. The van der Waals surface area contributed by atoms with Gasteiger partial charge in [-0.25, -0.2) is 0 Å². The minimum absolute atomic E-state index is 0.316. The Bertz CT molecular complexity index is 1150. The van der Waals surface area contributed by atoms with Crippen LogP contribution in [0, 0.1) is 0 Å². The van der Waals surface area contributed by atoms with Gasteiger partial charge >= 0.3 is 0 Å². The summed E-state index contributed by atoms with van der Waals surface area (Å²) in [5.41, 5.74) is 0.877. The second-order valence-electron chi connectivity index (χ2n) is 10.3. The van der Waals surface area contributed by atoms with Crippen molar-refractivity contribution in [3.63, 3.8) is 0 Å². The molecule has 1 aliphatic carbocycles. The summed E-state index contributed by atoms with van der Waals surface area (Å²) in [6, 6.07) is 13.4. The SMILES string of the molecule is C1CCCC1.CCCCOC.C[C@@](O)(c1cccc(Cl)c1-c1cncc2ccccc12)C1CN(C=O)CCO1. The van der Waals surface area contributed by atoms with E-state index in [0.29, 0.717) is 30.3 Å². The predicted octanol–water partition coefficient (Wildman–Crippen LogP) is 7.00. The number of carbonyl (C=O) groups excluding carboxylic acids is 1. The lowest BCUT2D eigenvalue weighted by Gasteiger charge is -2.40. The number of fused-ring (bicyclic) bond motifs is 1. The van der Waals surface area contributed by atoms with Gasteiger partial charge in [0.2, 0.25) is 6.41 Å². The van der Waals surface area contributed by atoms with Gasteiger partial charge in [-0.2, -0.15) is 0 Å². The second-order valence-corrected chi connectivity index (χ2v) is 10.7. The molecule has 0 radical (unpaired) electrons. The van der Waals surface area contributed by atoms with Crippen LogP contribution in [0.2, 0.25) is 5.02 Å². The number of amides is 1. The number of rotatable bonds is 7. The minimum atomic E-state index is -1.35. The van der Waals surface area contributed by atoms with Crippen LogP contribution >= 0.6 is 11.6 Å². The molecule has 0 spiro atoms. The number of unbranched alkanes of at least 4 members (excludes halogenated alkanes) is 1. The maximum atomic E-state index is 11.5. The maximum Gasteiger partial charge on any atom is 0.209 e. The molecule has 3 aromatic rings. The van der Waals surface area contributed by atoms with Gasteiger partial charge in [0.25, 0.3) is 0 Å². The number of hydrogen-bond donors (Lipinski definition) is 1. The molecule has 1 saturated carbocycles. The highest BCUT2D eigenvalue weighted by Gasteiger charge is 2.40. The zero-order valence-corrected chi connectivity index (χ0v) is 24.3. The van der Waals surface area contributed by atoms with Gasteiger partial charge < -0.3 is 19.5 Å². The number of pyridine rings is 1. The van der Waals surface area contributed by atoms with Gasteiger partial charge in [0.1, 0.15) is 11.7 Å². The normalized spacial score (nSPS) is 18.4. The molecule has 39 heavy (non-hydrogen) atoms. The van der Waals surface area contributed by atoms with E-state index >= 15 is 0 Å². The molecule has 7 heteroatoms. The molecule has 2 aliphatic rings. The number of aliphatic hydroxyl groups is 1. The molecule has 1 N–H and O–H groups in total. The van der Waals surface area contributed by atoms with E-state index in [9.17, 15) is 9.90 Å². The highest BCUT2D eigenvalue weighted by atomic mass is 35.5. The number of benzene rings is 2. The average Bonchev–Trinajstić information content (AvgIpc) is 3.57. The van der Waals surface area contributed by atoms with Gasteiger partial charge in [-0.3, -0.25) is 9.78 Å². The minimum Gasteiger partial charge on any atom is -0.385 e. The van der Waals surface area contributed by atoms with Crippen molar-refractivity contribution in [3.8, 4) is 11.1 Å². The number of morpholine rings is 1. The summed E-state index contributed by atoms with van der Waals surface area (Å²) >= 11 is 6.62. The van der Waals surface area contributed by atoms with Crippen LogP contribution in [0.3, 0.4) is 0 Å². The predicted molar refractivity (Wildman–Crippen MR) is 159 cm³/mol. The molecule has 2 fully saturated rings. The summed E-state index contributed by atoms with van der Waals surface area (Å²) in [6.45, 7) is 5.99. The average molecular weight is 555 g/mol. The van der Waals surface area contributed by atoms with Crippen molar-refractivity contribution in [1.29, 1.82) is 0 Å². The summed E-state index contributed by atoms with van der Waals surface area (Å²) in [4.78, 5) is 17.2. The van der Waals surface area contributed by atoms with Gasteiger partial charge in [0.15, 0.2) is 0 Å². The Hall–Kier alpha value is -2.51. The van der Waals surface area contributed by atoms with Gasteiger partial charge in [-0.15, -0.1) is 0 Å². The summed E-state index contributed by atoms with van der Waals surface area (Å²) in [7, 11) is 1.73. The fraction of sp³-hybridized carbons (Fsp3) is 0.500. The Kier molecular flexibility index (Phi) is 12.7. The number of aromatic nitrogens is 1. The Morgan fingerprint density at radius 1 is 1.13 bits per heavy atom. The van der Waals surface area contributed by atoms with E-state index in [1.165, 1.54) is 44.9 Å². The third kappa shape index (κ3) is 8.49. The van der Waals surface area contributed by atoms with Crippen molar-refractivity contribution in [2.45, 2.75) is 70.5 Å². The number of carbonyl (C=O) groups is 1. The summed E-state index contributed by atoms with van der Waals surface area (Å²) in [6.07, 6.45) is 13.7. The Morgan fingerprint density at radius 2 is 1.85 bits per heavy atom. The fourth-order valence-corrected chi connectivity index (χ4v) is 5.26. The standard InChI is InChI=1S/C22H21ClN2O3.C5H12O.C5H10/c1-22(27,20-13-25(14-26)9-10-28-20)18-7-4-8-19(23)21(18)17-12-24-11-15-5-2-3-6-16(15)17;1-3-4-5-6-2;1-2-4-5-3-1/h2-8,11-12,14,20,27H,9-10,13H2,1H3;3-5H2,1-2H3;1-5H2/t20?,22-;;/m1../s1. The van der Waals surface area contributed by atoms with Crippen LogP contribution in [-0.2, 0) is 19.9 Å². The molecule has 2 heterocycles. The van der Waals surface area contributed by atoms with Crippen molar-refractivity contribution in [3.05, 3.63) is 65.4 Å². The molecule has 1 aromatic heterocycles. The van der Waals surface area contributed by atoms with Gasteiger partial charge in [0.05, 0.1) is 6.61 Å². The van der Waals surface area contributed by atoms with E-state index in [0.717, 1.165) is 34.9 Å². The summed E-state index contributed by atoms with van der Waals surface area (Å²) < 4.78 is 10.6. The largest absolute Gasteiger partial charge is 0.385 e. The Morgan fingerprint density at radius 3 is 2.49 bits per heavy atom. The van der Waals surface area contributed by atoms with E-state index in [4.69, 9.17) is 21.1 Å². The van der Waals surface area contributed by atoms with Crippen molar-refractivity contribution < 1.29 is 19.4 Å². The lowest BCUT2D eigenvalue weighted by molar-refractivity contribution is -0.149. The van der Waals surface area contributed by atoms with Crippen LogP contribution in [0.1, 0.15) is 64.4 Å². The number of halogens is 1. The first-order chi connectivity index (χ1) is 18.9. The molecule has 5 rings (SSSR count). The van der Waals surface area contributed by atoms with E-state index in [-0.39, 0.29) is 0 Å². The van der Waals surface area contributed by atoms with Crippen molar-refractivity contribution in [1.82, 2.24) is 9.88 Å². The monoisotopic (exact) mass is 554 g/mol. The van der Waals surface area contributed by atoms with Gasteiger partial charge in [-0.05, 0) is 30.4 Å². The molecule has 1 saturated heterocycles. The van der Waals surface area contributed by atoms with Crippen molar-refractivity contribution >= 4 is 28.8 Å². The molecule has 6 nitrogen and oxygen atoms in total. The molecule has 0 bridgehead atoms. The first kappa shape index (κ1) is 31.0. The van der Waals surface area contributed by atoms with Crippen LogP contribution in [0.15, 0.2) is 54.9 Å². The molecule has 212 valence electrons. The first-order valence-corrected chi connectivity index (χ1v) is 14.5. The van der Waals surface area contributed by atoms with E-state index in [1.54, 1.807) is 37.4 Å². The Labute approximate surface area is 238 Å². The third-order valence-electron chi connectivity index (χ3n) is 7.32. The van der Waals surface area contributed by atoms with Crippen molar-refractivity contribution in [2.75, 3.05) is 33.4 Å². The van der Waals surface area contributed by atoms with Crippen LogP contribution in [0.25, 0.3) is 21.9 Å². The topological polar surface area (TPSA) is 71.9 Å². The molecule has 1 aliphatic heterocycles. The number of hydrogen-bond acceptors (Lipinski definition) is 5. The van der Waals surface area contributed by atoms with Crippen LogP contribution in [0.5, 0.6) is 0 Å². The quantitative estimate of drug-likeness (QED) is 0.251. The van der Waals surface area contributed by atoms with Crippen LogP contribution < -0.4 is 0 Å². The molecule has 2 atom stereocenters. The van der Waals surface area contributed by atoms with Crippen LogP contribution in [-0.4, -0.2) is 60.9 Å². The van der Waals surface area contributed by atoms with E-state index in [2.05, 4.69) is 11.9 Å². The van der Waals surface area contributed by atoms with E-state index < -0.39 is 11.7 Å². The zero-order chi connectivity index (χ0) is 28.1. The first-order valence-electron chi connectivity index (χ1n) is 14.1. The molecule has 1 amide bonds. The molecular weight excluding hydrogens is 512 g/mol. The van der Waals surface area contributed by atoms with Gasteiger partial charge in [0, 0.05) is 60.7 Å². The van der Waals surface area contributed by atoms with Gasteiger partial charge in [-0.1, -0.05) is 93.4 Å². The zero-order valence-electron chi connectivity index (χ0n) is 23.6. The Balaban J connectivity index is 0.000000319. The smallest absolute Gasteiger partial charge is 0.209 e. The highest BCUT2D eigenvalue weighted by Crippen LogP contribution is 2.42. The maximum absolute atomic E-state index is 11.5. The lowest BCUT2D eigenvalue weighted by atomic mass is 9.83. The van der Waals surface area contributed by atoms with Crippen LogP contribution in [0.4, 0.5) is 0 Å².